The molecular weight excluding hydrogens is 255 g/mol. The normalized spacial score (nSPS) is 10.4. The van der Waals surface area contributed by atoms with Gasteiger partial charge >= 0.3 is 0 Å². The highest BCUT2D eigenvalue weighted by molar-refractivity contribution is 5.50. The third-order valence-corrected chi connectivity index (χ3v) is 2.97. The highest BCUT2D eigenvalue weighted by Crippen LogP contribution is 2.15. The molecule has 2 heterocycles. The van der Waals surface area contributed by atoms with E-state index in [1.807, 2.05) is 41.1 Å². The van der Waals surface area contributed by atoms with Gasteiger partial charge in [0.15, 0.2) is 0 Å². The Morgan fingerprint density at radius 3 is 3.00 bits per heavy atom. The van der Waals surface area contributed by atoms with Crippen molar-refractivity contribution < 1.29 is 4.39 Å². The van der Waals surface area contributed by atoms with Crippen LogP contribution in [-0.2, 0) is 6.54 Å². The van der Waals surface area contributed by atoms with E-state index in [1.54, 1.807) is 6.07 Å². The lowest BCUT2D eigenvalue weighted by atomic mass is 10.2. The van der Waals surface area contributed by atoms with E-state index < -0.39 is 5.82 Å². The Morgan fingerprint density at radius 1 is 1.30 bits per heavy atom. The lowest BCUT2D eigenvalue weighted by Crippen LogP contribution is -2.00. The van der Waals surface area contributed by atoms with Crippen LogP contribution in [0.4, 0.5) is 10.1 Å². The standard InChI is InChI=1S/C15H11FN4/c16-14-5-4-12(7-11(14)8-17)18-9-13-10-20-6-2-1-3-15(20)19-13/h1-7,10,18H,9H2. The van der Waals surface area contributed by atoms with Crippen molar-refractivity contribution in [2.45, 2.75) is 6.54 Å². The predicted molar refractivity (Wildman–Crippen MR) is 73.6 cm³/mol. The summed E-state index contributed by atoms with van der Waals surface area (Å²) in [6.07, 6.45) is 3.86. The minimum Gasteiger partial charge on any atom is -0.379 e. The Balaban J connectivity index is 1.77. The first-order valence-corrected chi connectivity index (χ1v) is 6.12. The number of hydrogen-bond acceptors (Lipinski definition) is 3. The summed E-state index contributed by atoms with van der Waals surface area (Å²) in [5.74, 6) is -0.509. The zero-order chi connectivity index (χ0) is 13.9. The maximum Gasteiger partial charge on any atom is 0.141 e. The minimum atomic E-state index is -0.509. The number of imidazole rings is 1. The van der Waals surface area contributed by atoms with Gasteiger partial charge in [0.05, 0.1) is 17.8 Å². The highest BCUT2D eigenvalue weighted by atomic mass is 19.1. The first kappa shape index (κ1) is 12.2. The number of benzene rings is 1. The van der Waals surface area contributed by atoms with Crippen molar-refractivity contribution in [1.29, 1.82) is 5.26 Å². The molecule has 1 aromatic carbocycles. The van der Waals surface area contributed by atoms with Gasteiger partial charge in [0, 0.05) is 18.1 Å². The van der Waals surface area contributed by atoms with E-state index in [0.717, 1.165) is 11.3 Å². The molecule has 0 saturated carbocycles. The monoisotopic (exact) mass is 266 g/mol. The first-order valence-electron chi connectivity index (χ1n) is 6.12. The van der Waals surface area contributed by atoms with Crippen LogP contribution in [-0.4, -0.2) is 9.38 Å². The summed E-state index contributed by atoms with van der Waals surface area (Å²) in [4.78, 5) is 4.45. The minimum absolute atomic E-state index is 0.0324. The molecule has 0 bridgehead atoms. The predicted octanol–water partition coefficient (Wildman–Crippen LogP) is 2.96. The maximum absolute atomic E-state index is 13.2. The summed E-state index contributed by atoms with van der Waals surface area (Å²) in [5.41, 5.74) is 2.48. The maximum atomic E-state index is 13.2. The van der Waals surface area contributed by atoms with Crippen molar-refractivity contribution in [1.82, 2.24) is 9.38 Å². The molecule has 4 nitrogen and oxygen atoms in total. The van der Waals surface area contributed by atoms with Gasteiger partial charge in [0.2, 0.25) is 0 Å². The van der Waals surface area contributed by atoms with Crippen molar-refractivity contribution in [2.75, 3.05) is 5.32 Å². The van der Waals surface area contributed by atoms with Gasteiger partial charge < -0.3 is 9.72 Å². The molecule has 0 saturated heterocycles. The van der Waals surface area contributed by atoms with Crippen molar-refractivity contribution in [3.63, 3.8) is 0 Å². The van der Waals surface area contributed by atoms with Gasteiger partial charge in [-0.25, -0.2) is 9.37 Å². The van der Waals surface area contributed by atoms with Crippen molar-refractivity contribution in [3.05, 3.63) is 65.9 Å². The molecule has 98 valence electrons. The number of rotatable bonds is 3. The number of fused-ring (bicyclic) bond motifs is 1. The number of anilines is 1. The summed E-state index contributed by atoms with van der Waals surface area (Å²) >= 11 is 0. The van der Waals surface area contributed by atoms with Gasteiger partial charge in [-0.1, -0.05) is 6.07 Å². The summed E-state index contributed by atoms with van der Waals surface area (Å²) in [6.45, 7) is 0.512. The lowest BCUT2D eigenvalue weighted by Gasteiger charge is -2.04. The molecule has 2 aromatic heterocycles. The van der Waals surface area contributed by atoms with Crippen LogP contribution in [0.1, 0.15) is 11.3 Å². The van der Waals surface area contributed by atoms with E-state index in [-0.39, 0.29) is 5.56 Å². The molecule has 3 aromatic rings. The van der Waals surface area contributed by atoms with E-state index in [1.165, 1.54) is 12.1 Å². The number of nitriles is 1. The Labute approximate surface area is 115 Å². The number of hydrogen-bond donors (Lipinski definition) is 1. The zero-order valence-electron chi connectivity index (χ0n) is 10.5. The summed E-state index contributed by atoms with van der Waals surface area (Å²) < 4.78 is 15.1. The summed E-state index contributed by atoms with van der Waals surface area (Å²) in [7, 11) is 0. The van der Waals surface area contributed by atoms with Crippen LogP contribution in [0.5, 0.6) is 0 Å². The molecule has 0 atom stereocenters. The van der Waals surface area contributed by atoms with Crippen LogP contribution < -0.4 is 5.32 Å². The molecule has 20 heavy (non-hydrogen) atoms. The summed E-state index contributed by atoms with van der Waals surface area (Å²) in [6, 6.07) is 12.0. The molecule has 5 heteroatoms. The summed E-state index contributed by atoms with van der Waals surface area (Å²) in [5, 5.41) is 11.9. The number of aromatic nitrogens is 2. The number of halogens is 1. The Bertz CT molecular complexity index is 768. The van der Waals surface area contributed by atoms with E-state index in [9.17, 15) is 4.39 Å². The largest absolute Gasteiger partial charge is 0.379 e. The fourth-order valence-electron chi connectivity index (χ4n) is 1.99. The van der Waals surface area contributed by atoms with Crippen LogP contribution >= 0.6 is 0 Å². The molecule has 0 aliphatic heterocycles. The van der Waals surface area contributed by atoms with E-state index in [2.05, 4.69) is 10.3 Å². The zero-order valence-corrected chi connectivity index (χ0v) is 10.5. The van der Waals surface area contributed by atoms with Gasteiger partial charge in [-0.2, -0.15) is 5.26 Å². The Hall–Kier alpha value is -2.87. The third kappa shape index (κ3) is 2.31. The van der Waals surface area contributed by atoms with E-state index in [0.29, 0.717) is 12.2 Å². The molecule has 0 unspecified atom stereocenters. The molecule has 0 fully saturated rings. The van der Waals surface area contributed by atoms with Crippen LogP contribution in [0.15, 0.2) is 48.8 Å². The lowest BCUT2D eigenvalue weighted by molar-refractivity contribution is 0.624. The second-order valence-electron chi connectivity index (χ2n) is 4.36. The van der Waals surface area contributed by atoms with Crippen molar-refractivity contribution in [2.24, 2.45) is 0 Å². The van der Waals surface area contributed by atoms with Gasteiger partial charge in [0.1, 0.15) is 17.5 Å². The molecule has 0 spiro atoms. The molecule has 0 aliphatic rings. The topological polar surface area (TPSA) is 53.1 Å². The molecule has 0 radical (unpaired) electrons. The van der Waals surface area contributed by atoms with Gasteiger partial charge in [0.25, 0.3) is 0 Å². The fraction of sp³-hybridized carbons (Fsp3) is 0.0667. The van der Waals surface area contributed by atoms with Crippen LogP contribution in [0, 0.1) is 17.1 Å². The van der Waals surface area contributed by atoms with Gasteiger partial charge in [-0.05, 0) is 30.3 Å². The molecule has 1 N–H and O–H groups in total. The van der Waals surface area contributed by atoms with Crippen molar-refractivity contribution in [3.8, 4) is 6.07 Å². The quantitative estimate of drug-likeness (QED) is 0.793. The smallest absolute Gasteiger partial charge is 0.141 e. The molecule has 3 rings (SSSR count). The Morgan fingerprint density at radius 2 is 2.20 bits per heavy atom. The van der Waals surface area contributed by atoms with Gasteiger partial charge in [-0.15, -0.1) is 0 Å². The van der Waals surface area contributed by atoms with Crippen LogP contribution in [0.25, 0.3) is 5.65 Å². The van der Waals surface area contributed by atoms with Crippen LogP contribution in [0.2, 0.25) is 0 Å². The molecular formula is C15H11FN4. The second-order valence-corrected chi connectivity index (χ2v) is 4.36. The number of nitrogens with zero attached hydrogens (tertiary/aromatic N) is 3. The SMILES string of the molecule is N#Cc1cc(NCc2cn3ccccc3n2)ccc1F. The number of nitrogens with one attached hydrogen (secondary N) is 1. The van der Waals surface area contributed by atoms with E-state index in [4.69, 9.17) is 5.26 Å². The highest BCUT2D eigenvalue weighted by Gasteiger charge is 2.04. The molecule has 0 amide bonds. The fourth-order valence-corrected chi connectivity index (χ4v) is 1.99. The van der Waals surface area contributed by atoms with Crippen LogP contribution in [0.3, 0.4) is 0 Å². The van der Waals surface area contributed by atoms with Crippen molar-refractivity contribution >= 4 is 11.3 Å². The Kier molecular flexibility index (Phi) is 3.05. The number of pyridine rings is 1. The average molecular weight is 266 g/mol. The average Bonchev–Trinajstić information content (AvgIpc) is 2.89. The van der Waals surface area contributed by atoms with E-state index >= 15 is 0 Å². The second kappa shape index (κ2) is 5.02. The first-order chi connectivity index (χ1) is 9.76. The third-order valence-electron chi connectivity index (χ3n) is 2.97. The van der Waals surface area contributed by atoms with Gasteiger partial charge in [-0.3, -0.25) is 0 Å². The molecule has 0 aliphatic carbocycles.